The molecule has 0 saturated carbocycles. The van der Waals surface area contributed by atoms with Crippen LogP contribution in [0, 0.1) is 5.82 Å². The minimum atomic E-state index is -0.801. The van der Waals surface area contributed by atoms with Gasteiger partial charge in [-0.15, -0.1) is 11.6 Å². The largest absolute Gasteiger partial charge is 0.495 e. The van der Waals surface area contributed by atoms with Crippen molar-refractivity contribution in [3.63, 3.8) is 0 Å². The van der Waals surface area contributed by atoms with Crippen molar-refractivity contribution >= 4 is 46.4 Å². The highest BCUT2D eigenvalue weighted by Gasteiger charge is 2.21. The summed E-state index contributed by atoms with van der Waals surface area (Å²) in [6.45, 7) is 0. The minimum absolute atomic E-state index is 0.00359. The maximum absolute atomic E-state index is 14.0. The van der Waals surface area contributed by atoms with E-state index in [9.17, 15) is 4.39 Å². The molecule has 0 aliphatic carbocycles. The Bertz CT molecular complexity index is 645. The maximum Gasteiger partial charge on any atom is 0.146 e. The first kappa shape index (κ1) is 15.7. The van der Waals surface area contributed by atoms with Crippen LogP contribution in [0.15, 0.2) is 30.3 Å². The first-order valence-corrected chi connectivity index (χ1v) is 7.13. The summed E-state index contributed by atoms with van der Waals surface area (Å²) in [4.78, 5) is 0. The summed E-state index contributed by atoms with van der Waals surface area (Å²) in [5, 5.41) is -0.112. The van der Waals surface area contributed by atoms with Crippen LogP contribution >= 0.6 is 46.4 Å². The lowest BCUT2D eigenvalue weighted by Crippen LogP contribution is -1.99. The molecular formula is C14H9Cl4FO. The molecule has 0 aromatic heterocycles. The van der Waals surface area contributed by atoms with Crippen LogP contribution in [0.3, 0.4) is 0 Å². The molecular weight excluding hydrogens is 345 g/mol. The molecule has 1 nitrogen and oxygen atoms in total. The van der Waals surface area contributed by atoms with Crippen LogP contribution in [-0.2, 0) is 0 Å². The lowest BCUT2D eigenvalue weighted by molar-refractivity contribution is 0.415. The number of hydrogen-bond acceptors (Lipinski definition) is 1. The van der Waals surface area contributed by atoms with Crippen molar-refractivity contribution in [1.29, 1.82) is 0 Å². The van der Waals surface area contributed by atoms with E-state index in [1.165, 1.54) is 19.2 Å². The Balaban J connectivity index is 2.51. The highest BCUT2D eigenvalue weighted by molar-refractivity contribution is 6.36. The van der Waals surface area contributed by atoms with E-state index in [1.807, 2.05) is 0 Å². The average Bonchev–Trinajstić information content (AvgIpc) is 2.43. The highest BCUT2D eigenvalue weighted by Crippen LogP contribution is 2.40. The molecule has 6 heteroatoms. The zero-order valence-electron chi connectivity index (χ0n) is 10.3. The van der Waals surface area contributed by atoms with E-state index in [2.05, 4.69) is 0 Å². The fraction of sp³-hybridized carbons (Fsp3) is 0.143. The molecule has 2 aromatic carbocycles. The van der Waals surface area contributed by atoms with E-state index >= 15 is 0 Å². The standard InChI is InChI=1S/C14H9Cl4FO/c1-20-12-6-10(16)8(5-11(12)17)13(18)7-3-2-4-9(15)14(7)19/h2-6,13H,1H3. The number of alkyl halides is 1. The van der Waals surface area contributed by atoms with Gasteiger partial charge in [0.15, 0.2) is 0 Å². The zero-order chi connectivity index (χ0) is 14.9. The van der Waals surface area contributed by atoms with Crippen LogP contribution in [0.5, 0.6) is 5.75 Å². The fourth-order valence-electron chi connectivity index (χ4n) is 1.78. The predicted octanol–water partition coefficient (Wildman–Crippen LogP) is 6.12. The Morgan fingerprint density at radius 1 is 1.00 bits per heavy atom. The molecule has 0 aliphatic heterocycles. The van der Waals surface area contributed by atoms with Gasteiger partial charge in [-0.3, -0.25) is 0 Å². The third-order valence-corrected chi connectivity index (χ3v) is 4.18. The molecule has 106 valence electrons. The van der Waals surface area contributed by atoms with Gasteiger partial charge in [0.05, 0.1) is 22.5 Å². The second kappa shape index (κ2) is 6.40. The van der Waals surface area contributed by atoms with E-state index in [-0.39, 0.29) is 10.6 Å². The van der Waals surface area contributed by atoms with E-state index in [1.54, 1.807) is 18.2 Å². The lowest BCUT2D eigenvalue weighted by Gasteiger charge is -2.15. The van der Waals surface area contributed by atoms with Gasteiger partial charge in [0.1, 0.15) is 11.6 Å². The van der Waals surface area contributed by atoms with E-state index < -0.39 is 11.2 Å². The first-order chi connectivity index (χ1) is 9.45. The number of methoxy groups -OCH3 is 1. The SMILES string of the molecule is COc1cc(Cl)c(C(Cl)c2cccc(Cl)c2F)cc1Cl. The summed E-state index contributed by atoms with van der Waals surface area (Å²) < 4.78 is 19.1. The molecule has 0 spiro atoms. The van der Waals surface area contributed by atoms with Crippen molar-refractivity contribution in [3.05, 3.63) is 62.3 Å². The molecule has 0 saturated heterocycles. The van der Waals surface area contributed by atoms with Gasteiger partial charge in [0.2, 0.25) is 0 Å². The molecule has 0 bridgehead atoms. The van der Waals surface area contributed by atoms with Gasteiger partial charge in [-0.25, -0.2) is 4.39 Å². The van der Waals surface area contributed by atoms with Crippen LogP contribution in [-0.4, -0.2) is 7.11 Å². The highest BCUT2D eigenvalue weighted by atomic mass is 35.5. The summed E-state index contributed by atoms with van der Waals surface area (Å²) in [5.74, 6) is -0.145. The molecule has 0 aliphatic rings. The van der Waals surface area contributed by atoms with E-state index in [0.717, 1.165) is 0 Å². The summed E-state index contributed by atoms with van der Waals surface area (Å²) in [5.41, 5.74) is 0.725. The van der Waals surface area contributed by atoms with Gasteiger partial charge in [-0.05, 0) is 17.7 Å². The summed E-state index contributed by atoms with van der Waals surface area (Å²) >= 11 is 24.2. The number of rotatable bonds is 3. The Labute approximate surface area is 136 Å². The van der Waals surface area contributed by atoms with Crippen molar-refractivity contribution in [2.75, 3.05) is 7.11 Å². The normalized spacial score (nSPS) is 12.3. The van der Waals surface area contributed by atoms with Crippen LogP contribution in [0.4, 0.5) is 4.39 Å². The summed E-state index contributed by atoms with van der Waals surface area (Å²) in [6.07, 6.45) is 0. The first-order valence-electron chi connectivity index (χ1n) is 5.56. The quantitative estimate of drug-likeness (QED) is 0.603. The smallest absolute Gasteiger partial charge is 0.146 e. The Kier molecular flexibility index (Phi) is 5.03. The Morgan fingerprint density at radius 3 is 2.35 bits per heavy atom. The van der Waals surface area contributed by atoms with Crippen LogP contribution in [0.2, 0.25) is 15.1 Å². The molecule has 0 fully saturated rings. The topological polar surface area (TPSA) is 9.23 Å². The third kappa shape index (κ3) is 2.99. The van der Waals surface area contributed by atoms with E-state index in [0.29, 0.717) is 21.4 Å². The van der Waals surface area contributed by atoms with Crippen molar-refractivity contribution in [1.82, 2.24) is 0 Å². The van der Waals surface area contributed by atoms with Crippen molar-refractivity contribution in [2.45, 2.75) is 5.38 Å². The molecule has 0 heterocycles. The molecule has 0 N–H and O–H groups in total. The molecule has 20 heavy (non-hydrogen) atoms. The second-order valence-electron chi connectivity index (χ2n) is 4.01. The number of ether oxygens (including phenoxy) is 1. The molecule has 0 radical (unpaired) electrons. The second-order valence-corrected chi connectivity index (χ2v) is 5.67. The van der Waals surface area contributed by atoms with Crippen molar-refractivity contribution in [3.8, 4) is 5.75 Å². The van der Waals surface area contributed by atoms with Gasteiger partial charge >= 0.3 is 0 Å². The Hall–Kier alpha value is -0.670. The van der Waals surface area contributed by atoms with Gasteiger partial charge in [-0.2, -0.15) is 0 Å². The van der Waals surface area contributed by atoms with Gasteiger partial charge < -0.3 is 4.74 Å². The number of hydrogen-bond donors (Lipinski definition) is 0. The monoisotopic (exact) mass is 352 g/mol. The maximum atomic E-state index is 14.0. The van der Waals surface area contributed by atoms with Crippen LogP contribution < -0.4 is 4.74 Å². The average molecular weight is 354 g/mol. The fourth-order valence-corrected chi connectivity index (χ4v) is 2.88. The predicted molar refractivity (Wildman–Crippen MR) is 82.1 cm³/mol. The molecule has 2 aromatic rings. The molecule has 2 rings (SSSR count). The lowest BCUT2D eigenvalue weighted by atomic mass is 10.0. The number of benzene rings is 2. The molecule has 0 amide bonds. The Morgan fingerprint density at radius 2 is 1.70 bits per heavy atom. The number of halogens is 5. The van der Waals surface area contributed by atoms with Gasteiger partial charge in [-0.1, -0.05) is 46.9 Å². The molecule has 1 unspecified atom stereocenters. The van der Waals surface area contributed by atoms with E-state index in [4.69, 9.17) is 51.1 Å². The zero-order valence-corrected chi connectivity index (χ0v) is 13.3. The van der Waals surface area contributed by atoms with Crippen molar-refractivity contribution < 1.29 is 9.13 Å². The van der Waals surface area contributed by atoms with Gasteiger partial charge in [0.25, 0.3) is 0 Å². The van der Waals surface area contributed by atoms with Gasteiger partial charge in [0, 0.05) is 16.7 Å². The minimum Gasteiger partial charge on any atom is -0.495 e. The van der Waals surface area contributed by atoms with Crippen LogP contribution in [0.25, 0.3) is 0 Å². The van der Waals surface area contributed by atoms with Crippen molar-refractivity contribution in [2.24, 2.45) is 0 Å². The summed E-state index contributed by atoms with van der Waals surface area (Å²) in [6, 6.07) is 7.72. The third-order valence-electron chi connectivity index (χ3n) is 2.80. The molecule has 1 atom stereocenters. The summed E-state index contributed by atoms with van der Waals surface area (Å²) in [7, 11) is 1.48. The van der Waals surface area contributed by atoms with Crippen LogP contribution in [0.1, 0.15) is 16.5 Å².